The van der Waals surface area contributed by atoms with Crippen LogP contribution in [-0.4, -0.2) is 42.8 Å². The molecule has 0 radical (unpaired) electrons. The molecule has 0 spiro atoms. The third kappa shape index (κ3) is 6.16. The van der Waals surface area contributed by atoms with E-state index >= 15 is 0 Å². The smallest absolute Gasteiger partial charge is 0.349 e. The van der Waals surface area contributed by atoms with Crippen LogP contribution >= 0.6 is 0 Å². The highest BCUT2D eigenvalue weighted by Gasteiger charge is 2.16. The third-order valence-electron chi connectivity index (χ3n) is 5.38. The minimum absolute atomic E-state index is 0.143. The topological polar surface area (TPSA) is 103 Å². The first-order valence-electron chi connectivity index (χ1n) is 11.0. The Balaban J connectivity index is 1.49. The Morgan fingerprint density at radius 3 is 2.70 bits per heavy atom. The number of hydrogen-bond acceptors (Lipinski definition) is 6. The van der Waals surface area contributed by atoms with Crippen LogP contribution in [0.2, 0.25) is 0 Å². The maximum absolute atomic E-state index is 12.3. The molecule has 3 rings (SSSR count). The number of carbonyl (C=O) groups is 2. The van der Waals surface area contributed by atoms with E-state index in [0.29, 0.717) is 31.9 Å². The minimum Gasteiger partial charge on any atom is -0.486 e. The number of rotatable bonds is 9. The maximum atomic E-state index is 12.3. The molecule has 1 aliphatic heterocycles. The van der Waals surface area contributed by atoms with E-state index in [1.807, 2.05) is 44.2 Å². The van der Waals surface area contributed by atoms with Crippen LogP contribution in [0.4, 0.5) is 0 Å². The van der Waals surface area contributed by atoms with E-state index < -0.39 is 18.5 Å². The van der Waals surface area contributed by atoms with Crippen molar-refractivity contribution >= 4 is 18.0 Å². The molecule has 0 unspecified atom stereocenters. The Labute approximate surface area is 193 Å². The number of fused-ring (bicyclic) bond motifs is 1. The van der Waals surface area contributed by atoms with Crippen LogP contribution in [0.5, 0.6) is 11.5 Å². The normalized spacial score (nSPS) is 12.7. The number of carbonyl (C=O) groups excluding carboxylic acids is 2. The van der Waals surface area contributed by atoms with Crippen LogP contribution in [0.1, 0.15) is 35.9 Å². The van der Waals surface area contributed by atoms with E-state index in [1.54, 1.807) is 0 Å². The summed E-state index contributed by atoms with van der Waals surface area (Å²) in [4.78, 5) is 24.4. The fourth-order valence-electron chi connectivity index (χ4n) is 3.68. The lowest BCUT2D eigenvalue weighted by Crippen LogP contribution is -2.30. The number of esters is 1. The van der Waals surface area contributed by atoms with Gasteiger partial charge in [0.25, 0.3) is 5.91 Å². The number of aromatic nitrogens is 1. The summed E-state index contributed by atoms with van der Waals surface area (Å²) in [7, 11) is 0. The average Bonchev–Trinajstić information content (AvgIpc) is 3.08. The van der Waals surface area contributed by atoms with Gasteiger partial charge in [-0.3, -0.25) is 4.79 Å². The first-order chi connectivity index (χ1) is 15.9. The fourth-order valence-corrected chi connectivity index (χ4v) is 3.68. The van der Waals surface area contributed by atoms with Gasteiger partial charge in [-0.2, -0.15) is 5.26 Å². The molecule has 1 aromatic carbocycles. The monoisotopic (exact) mass is 451 g/mol. The molecular weight excluding hydrogens is 422 g/mol. The number of amides is 1. The zero-order valence-corrected chi connectivity index (χ0v) is 19.3. The molecule has 33 heavy (non-hydrogen) atoms. The van der Waals surface area contributed by atoms with Crippen LogP contribution in [0.15, 0.2) is 29.8 Å². The Morgan fingerprint density at radius 1 is 1.21 bits per heavy atom. The summed E-state index contributed by atoms with van der Waals surface area (Å²) < 4.78 is 18.2. The van der Waals surface area contributed by atoms with Gasteiger partial charge < -0.3 is 24.1 Å². The second-order valence-corrected chi connectivity index (χ2v) is 7.80. The summed E-state index contributed by atoms with van der Waals surface area (Å²) >= 11 is 0. The number of benzene rings is 1. The summed E-state index contributed by atoms with van der Waals surface area (Å²) in [5, 5.41) is 12.1. The first kappa shape index (κ1) is 23.9. The van der Waals surface area contributed by atoms with E-state index in [1.165, 1.54) is 6.08 Å². The molecule has 1 amide bonds. The highest BCUT2D eigenvalue weighted by atomic mass is 16.6. The predicted octanol–water partition coefficient (Wildman–Crippen LogP) is 3.10. The summed E-state index contributed by atoms with van der Waals surface area (Å²) in [6.07, 6.45) is 3.08. The summed E-state index contributed by atoms with van der Waals surface area (Å²) in [6, 6.07) is 9.46. The predicted molar refractivity (Wildman–Crippen MR) is 123 cm³/mol. The summed E-state index contributed by atoms with van der Waals surface area (Å²) in [5.74, 6) is 0.166. The molecule has 0 fully saturated rings. The first-order valence-corrected chi connectivity index (χ1v) is 11.0. The second-order valence-electron chi connectivity index (χ2n) is 7.80. The SMILES string of the molecule is CCCn1c(C)cc(/C=C(\C#N)C(=O)OCC(=O)NCCc2ccc3c(c2)OCCO3)c1C. The zero-order chi connectivity index (χ0) is 23.8. The Morgan fingerprint density at radius 2 is 1.97 bits per heavy atom. The Kier molecular flexibility index (Phi) is 8.14. The molecule has 174 valence electrons. The van der Waals surface area contributed by atoms with E-state index in [0.717, 1.165) is 41.2 Å². The second kappa shape index (κ2) is 11.2. The van der Waals surface area contributed by atoms with Gasteiger partial charge in [-0.15, -0.1) is 0 Å². The lowest BCUT2D eigenvalue weighted by atomic mass is 10.1. The van der Waals surface area contributed by atoms with Crippen molar-refractivity contribution in [2.75, 3.05) is 26.4 Å². The van der Waals surface area contributed by atoms with Crippen LogP contribution < -0.4 is 14.8 Å². The molecule has 0 aliphatic carbocycles. The van der Waals surface area contributed by atoms with Gasteiger partial charge in [0.15, 0.2) is 18.1 Å². The minimum atomic E-state index is -0.820. The van der Waals surface area contributed by atoms with E-state index in [4.69, 9.17) is 14.2 Å². The maximum Gasteiger partial charge on any atom is 0.349 e. The van der Waals surface area contributed by atoms with Crippen molar-refractivity contribution in [2.24, 2.45) is 0 Å². The van der Waals surface area contributed by atoms with Gasteiger partial charge in [0.05, 0.1) is 0 Å². The third-order valence-corrected chi connectivity index (χ3v) is 5.38. The molecular formula is C25H29N3O5. The number of nitriles is 1. The highest BCUT2D eigenvalue weighted by molar-refractivity contribution is 5.99. The number of ether oxygens (including phenoxy) is 3. The van der Waals surface area contributed by atoms with Crippen LogP contribution in [0.3, 0.4) is 0 Å². The number of nitrogens with one attached hydrogen (secondary N) is 1. The lowest BCUT2D eigenvalue weighted by Gasteiger charge is -2.18. The van der Waals surface area contributed by atoms with E-state index in [9.17, 15) is 14.9 Å². The van der Waals surface area contributed by atoms with Gasteiger partial charge in [-0.25, -0.2) is 4.79 Å². The Bertz CT molecular complexity index is 1090. The molecule has 8 heteroatoms. The largest absolute Gasteiger partial charge is 0.486 e. The molecule has 0 saturated heterocycles. The molecule has 2 heterocycles. The molecule has 0 bridgehead atoms. The van der Waals surface area contributed by atoms with Crippen molar-refractivity contribution < 1.29 is 23.8 Å². The van der Waals surface area contributed by atoms with Gasteiger partial charge in [-0.05, 0) is 62.1 Å². The van der Waals surface area contributed by atoms with Crippen molar-refractivity contribution in [2.45, 2.75) is 40.2 Å². The lowest BCUT2D eigenvalue weighted by molar-refractivity contribution is -0.144. The van der Waals surface area contributed by atoms with Crippen LogP contribution in [-0.2, 0) is 27.3 Å². The Hall–Kier alpha value is -3.73. The van der Waals surface area contributed by atoms with Gasteiger partial charge in [-0.1, -0.05) is 13.0 Å². The molecule has 1 aliphatic rings. The van der Waals surface area contributed by atoms with Gasteiger partial charge in [0, 0.05) is 24.5 Å². The van der Waals surface area contributed by atoms with Gasteiger partial charge >= 0.3 is 5.97 Å². The van der Waals surface area contributed by atoms with E-state index in [2.05, 4.69) is 16.8 Å². The van der Waals surface area contributed by atoms with Crippen molar-refractivity contribution in [3.05, 3.63) is 52.4 Å². The van der Waals surface area contributed by atoms with Crippen molar-refractivity contribution in [1.29, 1.82) is 5.26 Å². The average molecular weight is 452 g/mol. The standard InChI is InChI=1S/C25H29N3O5/c1-4-9-28-17(2)12-20(18(28)3)14-21(15-26)25(30)33-16-24(29)27-8-7-19-5-6-22-23(13-19)32-11-10-31-22/h5-6,12-14H,4,7-11,16H2,1-3H3,(H,27,29)/b21-14+. The molecule has 8 nitrogen and oxygen atoms in total. The number of aryl methyl sites for hydroxylation is 1. The number of hydrogen-bond donors (Lipinski definition) is 1. The van der Waals surface area contributed by atoms with Crippen molar-refractivity contribution in [1.82, 2.24) is 9.88 Å². The quantitative estimate of drug-likeness (QED) is 0.357. The van der Waals surface area contributed by atoms with Crippen LogP contribution in [0.25, 0.3) is 6.08 Å². The summed E-state index contributed by atoms with van der Waals surface area (Å²) in [6.45, 7) is 7.87. The molecule has 1 N–H and O–H groups in total. The van der Waals surface area contributed by atoms with E-state index in [-0.39, 0.29) is 5.57 Å². The summed E-state index contributed by atoms with van der Waals surface area (Å²) in [5.41, 5.74) is 3.68. The van der Waals surface area contributed by atoms with Gasteiger partial charge in [0.2, 0.25) is 0 Å². The van der Waals surface area contributed by atoms with Crippen LogP contribution in [0, 0.1) is 25.2 Å². The van der Waals surface area contributed by atoms with Crippen molar-refractivity contribution in [3.63, 3.8) is 0 Å². The molecule has 0 saturated carbocycles. The molecule has 1 aromatic heterocycles. The zero-order valence-electron chi connectivity index (χ0n) is 19.3. The van der Waals surface area contributed by atoms with Gasteiger partial charge in [0.1, 0.15) is 24.9 Å². The van der Waals surface area contributed by atoms with Crippen molar-refractivity contribution in [3.8, 4) is 17.6 Å². The molecule has 0 atom stereocenters. The molecule has 2 aromatic rings. The number of nitrogens with zero attached hydrogens (tertiary/aromatic N) is 2. The fraction of sp³-hybridized carbons (Fsp3) is 0.400. The highest BCUT2D eigenvalue weighted by Crippen LogP contribution is 2.30.